The Morgan fingerprint density at radius 3 is 2.18 bits per heavy atom. The summed E-state index contributed by atoms with van der Waals surface area (Å²) in [5.74, 6) is -0.0527. The number of rotatable bonds is 2. The summed E-state index contributed by atoms with van der Waals surface area (Å²) in [7, 11) is 1.68. The van der Waals surface area contributed by atoms with Crippen LogP contribution < -0.4 is 4.90 Å². The Kier molecular flexibility index (Phi) is 4.02. The first kappa shape index (κ1) is 12.5. The van der Waals surface area contributed by atoms with Gasteiger partial charge in [-0.1, -0.05) is 12.1 Å². The van der Waals surface area contributed by atoms with Gasteiger partial charge in [0.25, 0.3) is 0 Å². The first-order chi connectivity index (χ1) is 8.08. The molecule has 4 nitrogen and oxygen atoms in total. The van der Waals surface area contributed by atoms with Crippen LogP contribution in [0.25, 0.3) is 6.08 Å². The SMILES string of the molecule is CC(=O)N(C)c1ccc(C=C(C#N)C#N)cc1. The molecule has 0 heterocycles. The fourth-order valence-corrected chi connectivity index (χ4v) is 1.23. The highest BCUT2D eigenvalue weighted by Gasteiger charge is 2.04. The standard InChI is InChI=1S/C13H11N3O/c1-10(17)16(2)13-5-3-11(4-6-13)7-12(8-14)9-15/h3-7H,1-2H3. The highest BCUT2D eigenvalue weighted by molar-refractivity contribution is 5.90. The minimum Gasteiger partial charge on any atom is -0.316 e. The van der Waals surface area contributed by atoms with E-state index in [-0.39, 0.29) is 11.5 Å². The Labute approximate surface area is 100 Å². The van der Waals surface area contributed by atoms with Gasteiger partial charge in [0.05, 0.1) is 0 Å². The third-order valence-corrected chi connectivity index (χ3v) is 2.30. The van der Waals surface area contributed by atoms with Gasteiger partial charge in [-0.3, -0.25) is 4.79 Å². The minimum atomic E-state index is -0.0527. The predicted octanol–water partition coefficient (Wildman–Crippen LogP) is 2.10. The van der Waals surface area contributed by atoms with E-state index in [0.29, 0.717) is 0 Å². The smallest absolute Gasteiger partial charge is 0.223 e. The number of carbonyl (C=O) groups is 1. The Morgan fingerprint density at radius 2 is 1.76 bits per heavy atom. The maximum Gasteiger partial charge on any atom is 0.223 e. The molecule has 0 atom stereocenters. The molecule has 0 N–H and O–H groups in total. The van der Waals surface area contributed by atoms with Gasteiger partial charge in [-0.2, -0.15) is 10.5 Å². The zero-order chi connectivity index (χ0) is 12.8. The second kappa shape index (κ2) is 5.48. The molecular weight excluding hydrogens is 214 g/mol. The van der Waals surface area contributed by atoms with Gasteiger partial charge >= 0.3 is 0 Å². The minimum absolute atomic E-state index is 0.0527. The van der Waals surface area contributed by atoms with Crippen LogP contribution in [0.2, 0.25) is 0 Å². The molecule has 1 aromatic rings. The van der Waals surface area contributed by atoms with E-state index < -0.39 is 0 Å². The maximum absolute atomic E-state index is 11.1. The van der Waals surface area contributed by atoms with E-state index in [9.17, 15) is 4.79 Å². The molecule has 1 amide bonds. The molecule has 0 spiro atoms. The lowest BCUT2D eigenvalue weighted by atomic mass is 10.1. The summed E-state index contributed by atoms with van der Waals surface area (Å²) in [6, 6.07) is 10.6. The Bertz CT molecular complexity index is 513. The van der Waals surface area contributed by atoms with E-state index in [2.05, 4.69) is 0 Å². The topological polar surface area (TPSA) is 67.9 Å². The average Bonchev–Trinajstić information content (AvgIpc) is 2.35. The fraction of sp³-hybridized carbons (Fsp3) is 0.154. The summed E-state index contributed by atoms with van der Waals surface area (Å²) < 4.78 is 0. The molecule has 4 heteroatoms. The van der Waals surface area contributed by atoms with Gasteiger partial charge in [-0.25, -0.2) is 0 Å². The Morgan fingerprint density at radius 1 is 1.24 bits per heavy atom. The summed E-state index contributed by atoms with van der Waals surface area (Å²) in [5, 5.41) is 17.2. The van der Waals surface area contributed by atoms with Gasteiger partial charge in [0.2, 0.25) is 5.91 Å². The van der Waals surface area contributed by atoms with Crippen LogP contribution in [0.3, 0.4) is 0 Å². The fourth-order valence-electron chi connectivity index (χ4n) is 1.23. The van der Waals surface area contributed by atoms with Gasteiger partial charge in [-0.15, -0.1) is 0 Å². The van der Waals surface area contributed by atoms with Crippen LogP contribution in [0, 0.1) is 22.7 Å². The number of hydrogen-bond acceptors (Lipinski definition) is 3. The first-order valence-electron chi connectivity index (χ1n) is 4.94. The van der Waals surface area contributed by atoms with Crippen molar-refractivity contribution in [1.82, 2.24) is 0 Å². The lowest BCUT2D eigenvalue weighted by Gasteiger charge is -2.14. The van der Waals surface area contributed by atoms with E-state index in [1.807, 2.05) is 0 Å². The number of nitrogens with zero attached hydrogens (tertiary/aromatic N) is 3. The molecule has 0 aliphatic heterocycles. The average molecular weight is 225 g/mol. The summed E-state index contributed by atoms with van der Waals surface area (Å²) >= 11 is 0. The Hall–Kier alpha value is -2.59. The van der Waals surface area contributed by atoms with Crippen molar-refractivity contribution in [3.8, 4) is 12.1 Å². The summed E-state index contributed by atoms with van der Waals surface area (Å²) in [6.07, 6.45) is 1.50. The molecule has 0 aliphatic rings. The molecule has 1 aromatic carbocycles. The molecule has 0 radical (unpaired) electrons. The molecule has 0 aromatic heterocycles. The lowest BCUT2D eigenvalue weighted by molar-refractivity contribution is -0.116. The summed E-state index contributed by atoms with van der Waals surface area (Å²) in [5.41, 5.74) is 1.58. The van der Waals surface area contributed by atoms with Crippen LogP contribution >= 0.6 is 0 Å². The number of hydrogen-bond donors (Lipinski definition) is 0. The molecule has 84 valence electrons. The molecule has 17 heavy (non-hydrogen) atoms. The quantitative estimate of drug-likeness (QED) is 0.724. The van der Waals surface area contributed by atoms with Crippen molar-refractivity contribution in [2.24, 2.45) is 0 Å². The van der Waals surface area contributed by atoms with Gasteiger partial charge in [0, 0.05) is 19.7 Å². The number of allylic oxidation sites excluding steroid dienone is 1. The number of anilines is 1. The maximum atomic E-state index is 11.1. The van der Waals surface area contributed by atoms with E-state index in [1.165, 1.54) is 17.9 Å². The zero-order valence-corrected chi connectivity index (χ0v) is 9.64. The number of carbonyl (C=O) groups excluding carboxylic acids is 1. The van der Waals surface area contributed by atoms with Crippen LogP contribution in [-0.2, 0) is 4.79 Å². The summed E-state index contributed by atoms with van der Waals surface area (Å²) in [6.45, 7) is 1.48. The highest BCUT2D eigenvalue weighted by atomic mass is 16.2. The van der Waals surface area contributed by atoms with E-state index in [0.717, 1.165) is 11.3 Å². The highest BCUT2D eigenvalue weighted by Crippen LogP contribution is 2.15. The second-order valence-electron chi connectivity index (χ2n) is 3.45. The van der Waals surface area contributed by atoms with Crippen LogP contribution in [0.15, 0.2) is 29.8 Å². The summed E-state index contributed by atoms with van der Waals surface area (Å²) in [4.78, 5) is 12.6. The molecule has 0 unspecified atom stereocenters. The zero-order valence-electron chi connectivity index (χ0n) is 9.64. The van der Waals surface area contributed by atoms with E-state index >= 15 is 0 Å². The van der Waals surface area contributed by atoms with Crippen molar-refractivity contribution in [2.75, 3.05) is 11.9 Å². The number of nitriles is 2. The largest absolute Gasteiger partial charge is 0.316 e. The monoisotopic (exact) mass is 225 g/mol. The van der Waals surface area contributed by atoms with Crippen LogP contribution in [-0.4, -0.2) is 13.0 Å². The van der Waals surface area contributed by atoms with Crippen LogP contribution in [0.5, 0.6) is 0 Å². The lowest BCUT2D eigenvalue weighted by Crippen LogP contribution is -2.22. The third-order valence-electron chi connectivity index (χ3n) is 2.30. The van der Waals surface area contributed by atoms with Crippen LogP contribution in [0.4, 0.5) is 5.69 Å². The molecule has 0 saturated heterocycles. The van der Waals surface area contributed by atoms with Crippen LogP contribution in [0.1, 0.15) is 12.5 Å². The van der Waals surface area contributed by atoms with Crippen molar-refractivity contribution < 1.29 is 4.79 Å². The van der Waals surface area contributed by atoms with Crippen molar-refractivity contribution >= 4 is 17.7 Å². The molecule has 1 rings (SSSR count). The second-order valence-corrected chi connectivity index (χ2v) is 3.45. The molecule has 0 fully saturated rings. The van der Waals surface area contributed by atoms with Gasteiger partial charge in [0.15, 0.2) is 0 Å². The van der Waals surface area contributed by atoms with Crippen molar-refractivity contribution in [2.45, 2.75) is 6.92 Å². The van der Waals surface area contributed by atoms with Gasteiger partial charge in [-0.05, 0) is 23.8 Å². The van der Waals surface area contributed by atoms with Crippen molar-refractivity contribution in [1.29, 1.82) is 10.5 Å². The molecule has 0 aliphatic carbocycles. The Balaban J connectivity index is 2.98. The van der Waals surface area contributed by atoms with Crippen molar-refractivity contribution in [3.05, 3.63) is 35.4 Å². The van der Waals surface area contributed by atoms with Crippen molar-refractivity contribution in [3.63, 3.8) is 0 Å². The molecular formula is C13H11N3O. The molecule has 0 saturated carbocycles. The predicted molar refractivity (Wildman–Crippen MR) is 64.7 cm³/mol. The first-order valence-corrected chi connectivity index (χ1v) is 4.94. The van der Waals surface area contributed by atoms with Gasteiger partial charge in [0.1, 0.15) is 17.7 Å². The van der Waals surface area contributed by atoms with Gasteiger partial charge < -0.3 is 4.90 Å². The third kappa shape index (κ3) is 3.19. The van der Waals surface area contributed by atoms with E-state index in [4.69, 9.17) is 10.5 Å². The molecule has 0 bridgehead atoms. The van der Waals surface area contributed by atoms with E-state index in [1.54, 1.807) is 43.5 Å². The number of benzene rings is 1. The number of amides is 1. The normalized spacial score (nSPS) is 8.71.